The first kappa shape index (κ1) is 77.7. The van der Waals surface area contributed by atoms with Gasteiger partial charge in [0.1, 0.15) is 5.75 Å². The summed E-state index contributed by atoms with van der Waals surface area (Å²) in [5.74, 6) is 5.39. The monoisotopic (exact) mass is 1590 g/mol. The van der Waals surface area contributed by atoms with E-state index in [2.05, 4.69) is 64.8 Å². The van der Waals surface area contributed by atoms with Crippen LogP contribution in [0, 0.1) is 13.8 Å². The molecule has 0 radical (unpaired) electrons. The number of methoxy groups -OCH3 is 1. The van der Waals surface area contributed by atoms with E-state index in [9.17, 15) is 39.6 Å². The molecule has 4 N–H and O–H groups in total. The fourth-order valence-electron chi connectivity index (χ4n) is 19.2. The van der Waals surface area contributed by atoms with Crippen molar-refractivity contribution in [2.45, 2.75) is 113 Å². The van der Waals surface area contributed by atoms with Gasteiger partial charge in [-0.25, -0.2) is 0 Å². The fourth-order valence-corrected chi connectivity index (χ4v) is 19.4. The molecule has 4 saturated heterocycles. The van der Waals surface area contributed by atoms with Gasteiger partial charge in [0, 0.05) is 139 Å². The average molecular weight is 1590 g/mol. The quantitative estimate of drug-likeness (QED) is 0.0658. The van der Waals surface area contributed by atoms with Crippen LogP contribution in [0.15, 0.2) is 188 Å². The number of hydrogen-bond acceptors (Lipinski definition) is 21. The molecule has 598 valence electrons. The highest BCUT2D eigenvalue weighted by atomic mass is 35.5. The molecule has 8 aromatic carbocycles. The van der Waals surface area contributed by atoms with Crippen LogP contribution < -0.4 is 4.74 Å². The van der Waals surface area contributed by atoms with Crippen molar-refractivity contribution < 1.29 is 62.4 Å². The SMILES string of the molecule is COc1ccc(-c2nc(-c3cccc4c3CCC43CC(=O)N(CCO)C3)no2)cc1.Cc1ccc(-c2nc(-c3cccc4c3CCC43CC(=O)N(CCO)C3)no2)cc1.Cc1cccc(-c2nc(-c3cccc4c3CCC43CC(=O)N(CCO)C3)no2)c1.O=C1CC2(CCc3c(-c4noc(-c5ccccc5Cl)n4)cccc32)CN1CCO. The summed E-state index contributed by atoms with van der Waals surface area (Å²) in [5.41, 5.74) is 18.4. The molecular formula is C91H89ClN12O13. The molecule has 4 aromatic heterocycles. The van der Waals surface area contributed by atoms with E-state index in [-0.39, 0.29) is 71.7 Å². The van der Waals surface area contributed by atoms with Crippen LogP contribution in [-0.2, 0) is 66.5 Å². The number of halogens is 1. The van der Waals surface area contributed by atoms with E-state index >= 15 is 0 Å². The van der Waals surface area contributed by atoms with Crippen LogP contribution in [0.3, 0.4) is 0 Å². The molecule has 4 atom stereocenters. The van der Waals surface area contributed by atoms with Crippen molar-refractivity contribution in [3.8, 4) is 97.1 Å². The number of fused-ring (bicyclic) bond motifs is 8. The Morgan fingerprint density at radius 1 is 0.368 bits per heavy atom. The minimum absolute atomic E-state index is 0.000631. The predicted molar refractivity (Wildman–Crippen MR) is 435 cm³/mol. The maximum Gasteiger partial charge on any atom is 0.259 e. The molecule has 4 aliphatic carbocycles. The third kappa shape index (κ3) is 14.8. The van der Waals surface area contributed by atoms with Gasteiger partial charge in [0.05, 0.1) is 44.1 Å². The molecule has 0 bridgehead atoms. The molecule has 4 amide bonds. The molecule has 4 aliphatic heterocycles. The Kier molecular flexibility index (Phi) is 21.5. The molecule has 26 heteroatoms. The van der Waals surface area contributed by atoms with E-state index in [1.165, 1.54) is 50.1 Å². The number of aryl methyl sites for hydroxylation is 2. The summed E-state index contributed by atoms with van der Waals surface area (Å²) in [6, 6.07) is 55.5. The van der Waals surface area contributed by atoms with Crippen molar-refractivity contribution in [3.05, 3.63) is 231 Å². The fraction of sp³-hybridized carbons (Fsp3) is 0.341. The predicted octanol–water partition coefficient (Wildman–Crippen LogP) is 12.5. The zero-order valence-electron chi connectivity index (χ0n) is 65.3. The normalized spacial score (nSPS) is 20.5. The number of benzene rings is 8. The Hall–Kier alpha value is -11.9. The highest BCUT2D eigenvalue weighted by Gasteiger charge is 2.53. The van der Waals surface area contributed by atoms with E-state index in [4.69, 9.17) is 34.4 Å². The zero-order valence-corrected chi connectivity index (χ0v) is 66.1. The lowest BCUT2D eigenvalue weighted by Gasteiger charge is -2.24. The van der Waals surface area contributed by atoms with Crippen molar-refractivity contribution in [1.29, 1.82) is 0 Å². The lowest BCUT2D eigenvalue weighted by molar-refractivity contribution is -0.128. The Morgan fingerprint density at radius 3 is 1.03 bits per heavy atom. The number of aliphatic hydroxyl groups is 4. The molecular weight excluding hydrogens is 1500 g/mol. The molecule has 4 fully saturated rings. The Morgan fingerprint density at radius 2 is 0.684 bits per heavy atom. The van der Waals surface area contributed by atoms with Gasteiger partial charge in [-0.1, -0.05) is 153 Å². The third-order valence-electron chi connectivity index (χ3n) is 24.9. The number of carbonyl (C=O) groups is 4. The standard InChI is InChI=1S/C23H23N3O4.2C23H23N3O3.C22H20ClN3O3/c1-29-16-7-5-15(6-8-16)22-24-21(25-30-22)18-3-2-4-19-17(18)9-10-23(19)13-20(28)26(14-23)11-12-27;1-15-4-2-5-16(12-15)22-24-21(25-29-22)18-6-3-7-19-17(18)8-9-23(19)13-20(28)26(14-23)10-11-27;1-15-5-7-16(8-6-15)22-24-21(25-29-22)18-3-2-4-19-17(18)9-10-23(19)13-20(28)26(14-23)11-12-27;23-18-7-2-1-4-16(18)21-24-20(25-29-21)15-5-3-6-17-14(15)8-9-22(17)12-19(28)26(13-22)10-11-27/h2-8,27H,9-14H2,1H3;2-7,12,27H,8-11,13-14H2,1H3;2-8,27H,9-14H2,1H3;1-7,27H,8-13H2. The number of aromatic nitrogens is 8. The topological polar surface area (TPSA) is 327 Å². The number of ether oxygens (including phenoxy) is 1. The summed E-state index contributed by atoms with van der Waals surface area (Å²) in [5, 5.41) is 54.5. The highest BCUT2D eigenvalue weighted by molar-refractivity contribution is 6.33. The molecule has 4 unspecified atom stereocenters. The Balaban J connectivity index is 0.000000112. The second kappa shape index (κ2) is 32.3. The van der Waals surface area contributed by atoms with Gasteiger partial charge in [-0.05, 0) is 170 Å². The van der Waals surface area contributed by atoms with Crippen LogP contribution in [0.25, 0.3) is 91.4 Å². The lowest BCUT2D eigenvalue weighted by atomic mass is 9.80. The van der Waals surface area contributed by atoms with Gasteiger partial charge in [0.25, 0.3) is 23.6 Å². The van der Waals surface area contributed by atoms with Gasteiger partial charge in [-0.2, -0.15) is 19.9 Å². The van der Waals surface area contributed by atoms with Crippen molar-refractivity contribution in [2.75, 3.05) is 85.9 Å². The number of aliphatic hydroxyl groups excluding tert-OH is 4. The van der Waals surface area contributed by atoms with Gasteiger partial charge in [0.2, 0.25) is 46.9 Å². The lowest BCUT2D eigenvalue weighted by Crippen LogP contribution is -2.32. The molecule has 8 aliphatic rings. The van der Waals surface area contributed by atoms with Gasteiger partial charge in [-0.3, -0.25) is 19.2 Å². The van der Waals surface area contributed by atoms with Crippen LogP contribution >= 0.6 is 11.6 Å². The maximum atomic E-state index is 12.5. The van der Waals surface area contributed by atoms with E-state index in [0.717, 1.165) is 102 Å². The molecule has 20 rings (SSSR count). The minimum atomic E-state index is -0.188. The van der Waals surface area contributed by atoms with Crippen LogP contribution in [-0.4, -0.2) is 190 Å². The van der Waals surface area contributed by atoms with Crippen molar-refractivity contribution >= 4 is 35.2 Å². The maximum absolute atomic E-state index is 12.5. The van der Waals surface area contributed by atoms with Crippen molar-refractivity contribution in [2.24, 2.45) is 0 Å². The second-order valence-corrected chi connectivity index (χ2v) is 32.4. The van der Waals surface area contributed by atoms with Gasteiger partial charge < -0.3 is 62.9 Å². The number of hydrogen-bond donors (Lipinski definition) is 4. The van der Waals surface area contributed by atoms with Gasteiger partial charge >= 0.3 is 0 Å². The molecule has 25 nitrogen and oxygen atoms in total. The second-order valence-electron chi connectivity index (χ2n) is 31.9. The largest absolute Gasteiger partial charge is 0.497 e. The van der Waals surface area contributed by atoms with E-state index < -0.39 is 0 Å². The number of amides is 4. The van der Waals surface area contributed by atoms with Crippen LogP contribution in [0.5, 0.6) is 5.75 Å². The van der Waals surface area contributed by atoms with Crippen LogP contribution in [0.2, 0.25) is 5.02 Å². The van der Waals surface area contributed by atoms with E-state index in [1.807, 2.05) is 153 Å². The molecule has 8 heterocycles. The summed E-state index contributed by atoms with van der Waals surface area (Å²) in [6.45, 7) is 8.30. The summed E-state index contributed by atoms with van der Waals surface area (Å²) >= 11 is 6.26. The highest BCUT2D eigenvalue weighted by Crippen LogP contribution is 2.53. The molecule has 12 aromatic rings. The van der Waals surface area contributed by atoms with Crippen LogP contribution in [0.1, 0.15) is 107 Å². The van der Waals surface area contributed by atoms with Gasteiger partial charge in [-0.15, -0.1) is 0 Å². The van der Waals surface area contributed by atoms with Crippen molar-refractivity contribution in [3.63, 3.8) is 0 Å². The Labute approximate surface area is 680 Å². The number of likely N-dealkylation sites (tertiary alicyclic amines) is 4. The molecule has 0 saturated carbocycles. The summed E-state index contributed by atoms with van der Waals surface area (Å²) in [6.07, 6.45) is 9.17. The van der Waals surface area contributed by atoms with E-state index in [0.29, 0.717) is 135 Å². The number of nitrogens with zero attached hydrogens (tertiary/aromatic N) is 12. The summed E-state index contributed by atoms with van der Waals surface area (Å²) < 4.78 is 27.3. The smallest absolute Gasteiger partial charge is 0.259 e. The first-order valence-electron chi connectivity index (χ1n) is 39.9. The first-order chi connectivity index (χ1) is 56.9. The van der Waals surface area contributed by atoms with E-state index in [1.54, 1.807) is 32.8 Å². The van der Waals surface area contributed by atoms with Gasteiger partial charge in [0.15, 0.2) is 0 Å². The third-order valence-corrected chi connectivity index (χ3v) is 25.2. The number of β-amino-alcohol motifs (C(OH)–C–C–N with tert-alkyl or cyclic N) is 4. The molecule has 117 heavy (non-hydrogen) atoms. The molecule has 4 spiro atoms. The summed E-state index contributed by atoms with van der Waals surface area (Å²) in [7, 11) is 1.63. The average Bonchev–Trinajstić information content (AvgIpc) is 1.60. The minimum Gasteiger partial charge on any atom is -0.497 e. The first-order valence-corrected chi connectivity index (χ1v) is 40.3. The zero-order chi connectivity index (χ0) is 80.7. The van der Waals surface area contributed by atoms with Crippen LogP contribution in [0.4, 0.5) is 0 Å². The Bertz CT molecular complexity index is 5740. The number of carbonyl (C=O) groups excluding carboxylic acids is 4. The number of rotatable bonds is 17. The van der Waals surface area contributed by atoms with Crippen molar-refractivity contribution in [1.82, 2.24) is 60.2 Å². The summed E-state index contributed by atoms with van der Waals surface area (Å²) in [4.78, 5) is 75.4.